The fourth-order valence-electron chi connectivity index (χ4n) is 1.56. The van der Waals surface area contributed by atoms with Gasteiger partial charge in [0.2, 0.25) is 0 Å². The van der Waals surface area contributed by atoms with Gasteiger partial charge < -0.3 is 10.2 Å². The van der Waals surface area contributed by atoms with Gasteiger partial charge >= 0.3 is 0 Å². The van der Waals surface area contributed by atoms with Crippen molar-refractivity contribution < 1.29 is 4.79 Å². The molecule has 0 fully saturated rings. The first-order chi connectivity index (χ1) is 8.99. The highest BCUT2D eigenvalue weighted by atomic mass is 79.9. The van der Waals surface area contributed by atoms with E-state index in [1.54, 1.807) is 18.5 Å². The Balaban J connectivity index is 2.27. The summed E-state index contributed by atoms with van der Waals surface area (Å²) in [6.07, 6.45) is 3.34. The predicted molar refractivity (Wildman–Crippen MR) is 86.2 cm³/mol. The summed E-state index contributed by atoms with van der Waals surface area (Å²) in [5, 5.41) is 2.88. The number of nitrogens with zero attached hydrogens (tertiary/aromatic N) is 2. The number of hydrogen-bond donors (Lipinski definition) is 1. The number of pyridine rings is 1. The van der Waals surface area contributed by atoms with E-state index in [1.807, 2.05) is 25.1 Å². The molecular weight excluding hydrogens is 394 g/mol. The van der Waals surface area contributed by atoms with Gasteiger partial charge in [-0.15, -0.1) is 11.3 Å². The van der Waals surface area contributed by atoms with Crippen molar-refractivity contribution in [3.8, 4) is 0 Å². The lowest BCUT2D eigenvalue weighted by Gasteiger charge is -2.17. The van der Waals surface area contributed by atoms with Gasteiger partial charge in [-0.05, 0) is 44.0 Å². The zero-order chi connectivity index (χ0) is 14.0. The van der Waals surface area contributed by atoms with E-state index in [0.717, 1.165) is 13.3 Å². The highest BCUT2D eigenvalue weighted by molar-refractivity contribution is 9.12. The maximum atomic E-state index is 12.2. The molecule has 0 unspecified atom stereocenters. The molecule has 2 heterocycles. The minimum Gasteiger partial charge on any atom is -0.376 e. The fraction of sp³-hybridized carbons (Fsp3) is 0.167. The summed E-state index contributed by atoms with van der Waals surface area (Å²) in [5.41, 5.74) is 2.20. The number of carbonyl (C=O) groups is 1. The molecule has 0 spiro atoms. The Morgan fingerprint density at radius 1 is 1.42 bits per heavy atom. The maximum Gasteiger partial charge on any atom is 0.257 e. The van der Waals surface area contributed by atoms with Crippen LogP contribution < -0.4 is 10.2 Å². The first kappa shape index (κ1) is 14.5. The molecule has 0 bridgehead atoms. The predicted octanol–water partition coefficient (Wildman–Crippen LogP) is 3.99. The molecule has 0 radical (unpaired) electrons. The van der Waals surface area contributed by atoms with Crippen molar-refractivity contribution in [3.63, 3.8) is 0 Å². The Bertz CT molecular complexity index is 613. The molecule has 19 heavy (non-hydrogen) atoms. The van der Waals surface area contributed by atoms with Gasteiger partial charge in [0.05, 0.1) is 30.7 Å². The molecule has 0 aliphatic heterocycles. The van der Waals surface area contributed by atoms with Crippen LogP contribution in [-0.4, -0.2) is 25.0 Å². The number of rotatable bonds is 3. The Kier molecular flexibility index (Phi) is 4.59. The number of halogens is 2. The van der Waals surface area contributed by atoms with E-state index in [1.165, 1.54) is 11.3 Å². The molecule has 100 valence electrons. The smallest absolute Gasteiger partial charge is 0.257 e. The van der Waals surface area contributed by atoms with Gasteiger partial charge in [-0.2, -0.15) is 0 Å². The molecule has 0 atom stereocenters. The molecule has 1 amide bonds. The van der Waals surface area contributed by atoms with Crippen LogP contribution in [0, 0.1) is 0 Å². The summed E-state index contributed by atoms with van der Waals surface area (Å²) in [7, 11) is 3.84. The summed E-state index contributed by atoms with van der Waals surface area (Å²) in [5.74, 6) is -0.162. The van der Waals surface area contributed by atoms with Crippen LogP contribution in [0.5, 0.6) is 0 Å². The summed E-state index contributed by atoms with van der Waals surface area (Å²) in [4.78, 5) is 18.2. The number of hydrogen-bond acceptors (Lipinski definition) is 4. The van der Waals surface area contributed by atoms with E-state index >= 15 is 0 Å². The van der Waals surface area contributed by atoms with Crippen LogP contribution in [0.25, 0.3) is 0 Å². The minimum absolute atomic E-state index is 0.162. The molecular formula is C12H11Br2N3OS. The Labute approximate surface area is 132 Å². The molecule has 1 N–H and O–H groups in total. The molecule has 0 aliphatic carbocycles. The third-order valence-corrected chi connectivity index (χ3v) is 4.77. The first-order valence-corrected chi connectivity index (χ1v) is 7.77. The van der Waals surface area contributed by atoms with E-state index in [9.17, 15) is 4.79 Å². The van der Waals surface area contributed by atoms with Gasteiger partial charge in [-0.1, -0.05) is 0 Å². The highest BCUT2D eigenvalue weighted by Gasteiger charge is 2.15. The second-order valence-electron chi connectivity index (χ2n) is 3.98. The fourth-order valence-corrected chi connectivity index (χ4v) is 4.35. The molecule has 0 saturated heterocycles. The monoisotopic (exact) mass is 403 g/mol. The van der Waals surface area contributed by atoms with Crippen LogP contribution in [0.4, 0.5) is 11.4 Å². The SMILES string of the molecule is CN(C)c1ccncc1NC(=O)c1cc(Br)sc1Br. The van der Waals surface area contributed by atoms with Gasteiger partial charge in [0.1, 0.15) is 0 Å². The quantitative estimate of drug-likeness (QED) is 0.841. The summed E-state index contributed by atoms with van der Waals surface area (Å²) in [6, 6.07) is 3.64. The Hall–Kier alpha value is -0.920. The number of aromatic nitrogens is 1. The lowest BCUT2D eigenvalue weighted by molar-refractivity contribution is 0.102. The van der Waals surface area contributed by atoms with Crippen molar-refractivity contribution in [1.29, 1.82) is 0 Å². The third-order valence-electron chi connectivity index (χ3n) is 2.43. The average Bonchev–Trinajstić information content (AvgIpc) is 2.69. The number of thiophene rings is 1. The number of anilines is 2. The number of carbonyl (C=O) groups excluding carboxylic acids is 1. The van der Waals surface area contributed by atoms with Crippen molar-refractivity contribution in [3.05, 3.63) is 37.7 Å². The molecule has 0 aromatic carbocycles. The Morgan fingerprint density at radius 3 is 2.74 bits per heavy atom. The second kappa shape index (κ2) is 6.02. The van der Waals surface area contributed by atoms with Gasteiger partial charge in [0.15, 0.2) is 0 Å². The zero-order valence-corrected chi connectivity index (χ0v) is 14.3. The van der Waals surface area contributed by atoms with Gasteiger partial charge in [-0.25, -0.2) is 0 Å². The molecule has 0 aliphatic rings. The topological polar surface area (TPSA) is 45.2 Å². The average molecular weight is 405 g/mol. The van der Waals surface area contributed by atoms with Crippen LogP contribution in [-0.2, 0) is 0 Å². The maximum absolute atomic E-state index is 12.2. The van der Waals surface area contributed by atoms with Crippen LogP contribution in [0.2, 0.25) is 0 Å². The molecule has 2 rings (SSSR count). The van der Waals surface area contributed by atoms with Crippen molar-refractivity contribution in [2.24, 2.45) is 0 Å². The molecule has 7 heteroatoms. The van der Waals surface area contributed by atoms with Crippen molar-refractivity contribution in [2.45, 2.75) is 0 Å². The molecule has 2 aromatic rings. The standard InChI is InChI=1S/C12H11Br2N3OS/c1-17(2)9-3-4-15-6-8(9)16-12(18)7-5-10(13)19-11(7)14/h3-6H,1-2H3,(H,16,18). The molecule has 2 aromatic heterocycles. The summed E-state index contributed by atoms with van der Waals surface area (Å²) >= 11 is 8.21. The van der Waals surface area contributed by atoms with Crippen LogP contribution in [0.1, 0.15) is 10.4 Å². The van der Waals surface area contributed by atoms with Gasteiger partial charge in [0, 0.05) is 20.3 Å². The Morgan fingerprint density at radius 2 is 2.16 bits per heavy atom. The molecule has 4 nitrogen and oxygen atoms in total. The van der Waals surface area contributed by atoms with E-state index in [4.69, 9.17) is 0 Å². The lowest BCUT2D eigenvalue weighted by Crippen LogP contribution is -2.16. The zero-order valence-electron chi connectivity index (χ0n) is 10.3. The van der Waals surface area contributed by atoms with Crippen LogP contribution in [0.3, 0.4) is 0 Å². The van der Waals surface area contributed by atoms with Crippen LogP contribution in [0.15, 0.2) is 32.1 Å². The van der Waals surface area contributed by atoms with E-state index in [-0.39, 0.29) is 5.91 Å². The normalized spacial score (nSPS) is 10.3. The van der Waals surface area contributed by atoms with E-state index in [0.29, 0.717) is 11.3 Å². The van der Waals surface area contributed by atoms with Gasteiger partial charge in [-0.3, -0.25) is 9.78 Å². The highest BCUT2D eigenvalue weighted by Crippen LogP contribution is 2.33. The number of nitrogens with one attached hydrogen (secondary N) is 1. The van der Waals surface area contributed by atoms with E-state index < -0.39 is 0 Å². The van der Waals surface area contributed by atoms with Crippen molar-refractivity contribution in [1.82, 2.24) is 4.98 Å². The largest absolute Gasteiger partial charge is 0.376 e. The minimum atomic E-state index is -0.162. The van der Waals surface area contributed by atoms with Crippen LogP contribution >= 0.6 is 43.2 Å². The molecule has 0 saturated carbocycles. The summed E-state index contributed by atoms with van der Waals surface area (Å²) in [6.45, 7) is 0. The van der Waals surface area contributed by atoms with Crippen molar-refractivity contribution in [2.75, 3.05) is 24.3 Å². The number of amides is 1. The van der Waals surface area contributed by atoms with E-state index in [2.05, 4.69) is 42.2 Å². The summed E-state index contributed by atoms with van der Waals surface area (Å²) < 4.78 is 1.70. The lowest BCUT2D eigenvalue weighted by atomic mass is 10.3. The van der Waals surface area contributed by atoms with Crippen molar-refractivity contribution >= 4 is 60.5 Å². The third kappa shape index (κ3) is 3.34. The first-order valence-electron chi connectivity index (χ1n) is 5.36. The second-order valence-corrected chi connectivity index (χ2v) is 7.73. The van der Waals surface area contributed by atoms with Gasteiger partial charge in [0.25, 0.3) is 5.91 Å².